The van der Waals surface area contributed by atoms with Gasteiger partial charge < -0.3 is 10.2 Å². The van der Waals surface area contributed by atoms with Crippen LogP contribution in [-0.2, 0) is 13.0 Å². The zero-order valence-corrected chi connectivity index (χ0v) is 16.6. The summed E-state index contributed by atoms with van der Waals surface area (Å²) in [7, 11) is 2.19. The highest BCUT2D eigenvalue weighted by Crippen LogP contribution is 2.32. The van der Waals surface area contributed by atoms with Crippen molar-refractivity contribution in [2.45, 2.75) is 51.7 Å². The van der Waals surface area contributed by atoms with E-state index < -0.39 is 0 Å². The first-order valence-electron chi connectivity index (χ1n) is 10.1. The summed E-state index contributed by atoms with van der Waals surface area (Å²) in [6.45, 7) is 8.07. The number of aryl methyl sites for hydroxylation is 2. The molecule has 1 N–H and O–H groups in total. The molecule has 0 bridgehead atoms. The van der Waals surface area contributed by atoms with Gasteiger partial charge in [-0.1, -0.05) is 6.07 Å². The fourth-order valence-corrected chi connectivity index (χ4v) is 4.40. The van der Waals surface area contributed by atoms with E-state index in [4.69, 9.17) is 15.0 Å². The minimum atomic E-state index is 0.367. The second-order valence-corrected chi connectivity index (χ2v) is 7.88. The highest BCUT2D eigenvalue weighted by molar-refractivity contribution is 5.42. The quantitative estimate of drug-likeness (QED) is 0.897. The van der Waals surface area contributed by atoms with Crippen molar-refractivity contribution >= 4 is 5.82 Å². The zero-order chi connectivity index (χ0) is 18.8. The molecule has 2 unspecified atom stereocenters. The Hall–Kier alpha value is -2.05. The highest BCUT2D eigenvalue weighted by Gasteiger charge is 2.26. The number of fused-ring (bicyclic) bond motifs is 1. The van der Waals surface area contributed by atoms with Crippen molar-refractivity contribution < 1.29 is 0 Å². The lowest BCUT2D eigenvalue weighted by Crippen LogP contribution is -2.50. The van der Waals surface area contributed by atoms with Gasteiger partial charge in [-0.3, -0.25) is 9.88 Å². The SMILES string of the molecule is Cc1nc(CN(C)C2CCCc3cccnc32)cc(N2CCNCC2C)n1. The van der Waals surface area contributed by atoms with E-state index in [0.717, 1.165) is 56.4 Å². The fourth-order valence-electron chi connectivity index (χ4n) is 4.40. The summed E-state index contributed by atoms with van der Waals surface area (Å²) in [5.41, 5.74) is 3.73. The molecule has 6 nitrogen and oxygen atoms in total. The van der Waals surface area contributed by atoms with Crippen molar-refractivity contribution in [3.8, 4) is 0 Å². The van der Waals surface area contributed by atoms with E-state index in [-0.39, 0.29) is 0 Å². The highest BCUT2D eigenvalue weighted by atomic mass is 15.3. The summed E-state index contributed by atoms with van der Waals surface area (Å²) in [6, 6.07) is 7.27. The smallest absolute Gasteiger partial charge is 0.132 e. The Balaban J connectivity index is 1.54. The number of aromatic nitrogens is 3. The number of hydrogen-bond acceptors (Lipinski definition) is 6. The molecule has 0 radical (unpaired) electrons. The van der Waals surface area contributed by atoms with Crippen LogP contribution in [0.3, 0.4) is 0 Å². The Labute approximate surface area is 162 Å². The third kappa shape index (κ3) is 3.96. The lowest BCUT2D eigenvalue weighted by Gasteiger charge is -2.35. The summed E-state index contributed by atoms with van der Waals surface area (Å²) in [5.74, 6) is 1.91. The van der Waals surface area contributed by atoms with Crippen LogP contribution in [0, 0.1) is 6.92 Å². The number of nitrogens with zero attached hydrogens (tertiary/aromatic N) is 5. The van der Waals surface area contributed by atoms with Crippen LogP contribution in [0.4, 0.5) is 5.82 Å². The lowest BCUT2D eigenvalue weighted by atomic mass is 9.91. The lowest BCUT2D eigenvalue weighted by molar-refractivity contribution is 0.206. The van der Waals surface area contributed by atoms with Crippen LogP contribution in [0.15, 0.2) is 24.4 Å². The number of hydrogen-bond donors (Lipinski definition) is 1. The van der Waals surface area contributed by atoms with Gasteiger partial charge in [0.15, 0.2) is 0 Å². The predicted molar refractivity (Wildman–Crippen MR) is 108 cm³/mol. The van der Waals surface area contributed by atoms with Crippen molar-refractivity contribution in [3.63, 3.8) is 0 Å². The van der Waals surface area contributed by atoms with E-state index in [1.54, 1.807) is 0 Å². The molecule has 144 valence electrons. The summed E-state index contributed by atoms with van der Waals surface area (Å²) < 4.78 is 0. The van der Waals surface area contributed by atoms with Crippen LogP contribution >= 0.6 is 0 Å². The van der Waals surface area contributed by atoms with Gasteiger partial charge in [0.05, 0.1) is 17.4 Å². The van der Waals surface area contributed by atoms with Crippen molar-refractivity contribution in [1.82, 2.24) is 25.2 Å². The molecule has 2 aromatic heterocycles. The maximum atomic E-state index is 4.73. The third-order valence-electron chi connectivity index (χ3n) is 5.78. The summed E-state index contributed by atoms with van der Waals surface area (Å²) in [5, 5.41) is 3.45. The molecule has 27 heavy (non-hydrogen) atoms. The monoisotopic (exact) mass is 366 g/mol. The molecule has 1 aliphatic carbocycles. The molecule has 2 aromatic rings. The maximum absolute atomic E-state index is 4.73. The van der Waals surface area contributed by atoms with E-state index in [2.05, 4.69) is 47.3 Å². The van der Waals surface area contributed by atoms with Crippen LogP contribution in [0.25, 0.3) is 0 Å². The van der Waals surface area contributed by atoms with Gasteiger partial charge in [-0.2, -0.15) is 0 Å². The average molecular weight is 367 g/mol. The first-order valence-corrected chi connectivity index (χ1v) is 10.1. The summed E-state index contributed by atoms with van der Waals surface area (Å²) in [4.78, 5) is 18.9. The molecule has 1 fully saturated rings. The van der Waals surface area contributed by atoms with E-state index in [0.29, 0.717) is 12.1 Å². The largest absolute Gasteiger partial charge is 0.351 e. The van der Waals surface area contributed by atoms with Crippen molar-refractivity contribution in [1.29, 1.82) is 0 Å². The van der Waals surface area contributed by atoms with Crippen LogP contribution in [-0.4, -0.2) is 52.6 Å². The minimum Gasteiger partial charge on any atom is -0.351 e. The van der Waals surface area contributed by atoms with Crippen molar-refractivity contribution in [2.24, 2.45) is 0 Å². The van der Waals surface area contributed by atoms with Crippen LogP contribution in [0.5, 0.6) is 0 Å². The molecule has 0 spiro atoms. The van der Waals surface area contributed by atoms with Gasteiger partial charge >= 0.3 is 0 Å². The normalized spacial score (nSPS) is 22.7. The first kappa shape index (κ1) is 18.3. The van der Waals surface area contributed by atoms with Gasteiger partial charge in [0.1, 0.15) is 11.6 Å². The molecular weight excluding hydrogens is 336 g/mol. The molecule has 4 rings (SSSR count). The minimum absolute atomic E-state index is 0.367. The Bertz CT molecular complexity index is 792. The fraction of sp³-hybridized carbons (Fsp3) is 0.571. The Morgan fingerprint density at radius 3 is 3.07 bits per heavy atom. The molecule has 1 aliphatic heterocycles. The van der Waals surface area contributed by atoms with Gasteiger partial charge in [-0.25, -0.2) is 9.97 Å². The predicted octanol–water partition coefficient (Wildman–Crippen LogP) is 2.49. The van der Waals surface area contributed by atoms with Crippen LogP contribution in [0.2, 0.25) is 0 Å². The number of nitrogens with one attached hydrogen (secondary N) is 1. The van der Waals surface area contributed by atoms with Crippen molar-refractivity contribution in [3.05, 3.63) is 47.2 Å². The van der Waals surface area contributed by atoms with Gasteiger partial charge in [0, 0.05) is 44.5 Å². The molecule has 0 saturated carbocycles. The number of rotatable bonds is 4. The molecule has 3 heterocycles. The van der Waals surface area contributed by atoms with Gasteiger partial charge in [-0.05, 0) is 51.8 Å². The first-order chi connectivity index (χ1) is 13.1. The molecule has 0 amide bonds. The third-order valence-corrected chi connectivity index (χ3v) is 5.78. The zero-order valence-electron chi connectivity index (χ0n) is 16.6. The topological polar surface area (TPSA) is 57.2 Å². The molecule has 2 atom stereocenters. The molecule has 6 heteroatoms. The maximum Gasteiger partial charge on any atom is 0.132 e. The molecule has 0 aromatic carbocycles. The molecule has 1 saturated heterocycles. The summed E-state index contributed by atoms with van der Waals surface area (Å²) >= 11 is 0. The van der Waals surface area contributed by atoms with E-state index in [1.165, 1.54) is 17.7 Å². The van der Waals surface area contributed by atoms with E-state index >= 15 is 0 Å². The number of anilines is 1. The summed E-state index contributed by atoms with van der Waals surface area (Å²) in [6.07, 6.45) is 5.45. The second kappa shape index (κ2) is 7.90. The number of pyridine rings is 1. The average Bonchev–Trinajstić information content (AvgIpc) is 2.67. The van der Waals surface area contributed by atoms with E-state index in [9.17, 15) is 0 Å². The van der Waals surface area contributed by atoms with Gasteiger partial charge in [0.2, 0.25) is 0 Å². The molecular formula is C21H30N6. The number of piperazine rings is 1. The van der Waals surface area contributed by atoms with Gasteiger partial charge in [-0.15, -0.1) is 0 Å². The Morgan fingerprint density at radius 1 is 1.33 bits per heavy atom. The van der Waals surface area contributed by atoms with Gasteiger partial charge in [0.25, 0.3) is 0 Å². The van der Waals surface area contributed by atoms with Crippen molar-refractivity contribution in [2.75, 3.05) is 31.6 Å². The molecule has 2 aliphatic rings. The van der Waals surface area contributed by atoms with E-state index in [1.807, 2.05) is 13.1 Å². The Morgan fingerprint density at radius 2 is 2.22 bits per heavy atom. The van der Waals surface area contributed by atoms with Crippen LogP contribution in [0.1, 0.15) is 48.6 Å². The standard InChI is InChI=1S/C21H30N6/c1-15-13-22-10-11-27(15)20-12-18(24-16(2)25-20)14-26(3)19-8-4-6-17-7-5-9-23-21(17)19/h5,7,9,12,15,19,22H,4,6,8,10-11,13-14H2,1-3H3. The second-order valence-electron chi connectivity index (χ2n) is 7.88. The Kier molecular flexibility index (Phi) is 5.36. The van der Waals surface area contributed by atoms with Crippen LogP contribution < -0.4 is 10.2 Å².